The first-order valence-electron chi connectivity index (χ1n) is 7.48. The van der Waals surface area contributed by atoms with E-state index < -0.39 is 0 Å². The number of benzene rings is 1. The molecule has 2 nitrogen and oxygen atoms in total. The third kappa shape index (κ3) is 3.05. The number of hydrogen-bond donors (Lipinski definition) is 2. The zero-order chi connectivity index (χ0) is 13.8. The molecule has 1 aromatic heterocycles. The number of anilines is 1. The molecule has 0 saturated heterocycles. The van der Waals surface area contributed by atoms with Gasteiger partial charge in [-0.1, -0.05) is 25.1 Å². The SMILES string of the molecule is CCc1ccc(CNCCC2CNc3ccccc32)s1. The van der Waals surface area contributed by atoms with Gasteiger partial charge < -0.3 is 10.6 Å². The van der Waals surface area contributed by atoms with Crippen molar-refractivity contribution >= 4 is 17.0 Å². The largest absolute Gasteiger partial charge is 0.384 e. The Morgan fingerprint density at radius 3 is 2.90 bits per heavy atom. The molecule has 0 fully saturated rings. The number of aryl methyl sites for hydroxylation is 1. The van der Waals surface area contributed by atoms with Crippen LogP contribution in [-0.2, 0) is 13.0 Å². The van der Waals surface area contributed by atoms with Crippen LogP contribution in [0.25, 0.3) is 0 Å². The summed E-state index contributed by atoms with van der Waals surface area (Å²) in [5.74, 6) is 0.660. The maximum Gasteiger partial charge on any atom is 0.0376 e. The van der Waals surface area contributed by atoms with Crippen molar-refractivity contribution in [1.82, 2.24) is 5.32 Å². The fourth-order valence-corrected chi connectivity index (χ4v) is 3.74. The second-order valence-electron chi connectivity index (χ2n) is 5.35. The van der Waals surface area contributed by atoms with E-state index in [1.165, 1.54) is 27.4 Å². The van der Waals surface area contributed by atoms with Crippen LogP contribution in [0.15, 0.2) is 36.4 Å². The number of fused-ring (bicyclic) bond motifs is 1. The van der Waals surface area contributed by atoms with E-state index in [1.54, 1.807) is 0 Å². The van der Waals surface area contributed by atoms with Gasteiger partial charge in [0.15, 0.2) is 0 Å². The summed E-state index contributed by atoms with van der Waals surface area (Å²) >= 11 is 1.93. The molecule has 20 heavy (non-hydrogen) atoms. The van der Waals surface area contributed by atoms with E-state index in [-0.39, 0.29) is 0 Å². The molecule has 0 saturated carbocycles. The van der Waals surface area contributed by atoms with Crippen molar-refractivity contribution in [1.29, 1.82) is 0 Å². The van der Waals surface area contributed by atoms with Crippen LogP contribution < -0.4 is 10.6 Å². The third-order valence-corrected chi connectivity index (χ3v) is 5.20. The highest BCUT2D eigenvalue weighted by atomic mass is 32.1. The second kappa shape index (κ2) is 6.42. The lowest BCUT2D eigenvalue weighted by atomic mass is 9.98. The summed E-state index contributed by atoms with van der Waals surface area (Å²) < 4.78 is 0. The molecule has 0 bridgehead atoms. The summed E-state index contributed by atoms with van der Waals surface area (Å²) in [5, 5.41) is 7.07. The maximum absolute atomic E-state index is 3.58. The molecule has 1 aliphatic heterocycles. The number of thiophene rings is 1. The number of nitrogens with one attached hydrogen (secondary N) is 2. The predicted octanol–water partition coefficient (Wildman–Crippen LogP) is 4.00. The Morgan fingerprint density at radius 2 is 2.05 bits per heavy atom. The average Bonchev–Trinajstić information content (AvgIpc) is 3.10. The average molecular weight is 286 g/mol. The van der Waals surface area contributed by atoms with Gasteiger partial charge in [0.1, 0.15) is 0 Å². The molecule has 0 amide bonds. The molecule has 106 valence electrons. The van der Waals surface area contributed by atoms with Crippen LogP contribution in [0, 0.1) is 0 Å². The molecular formula is C17H22N2S. The Kier molecular flexibility index (Phi) is 4.38. The van der Waals surface area contributed by atoms with Gasteiger partial charge in [-0.3, -0.25) is 0 Å². The van der Waals surface area contributed by atoms with E-state index in [0.29, 0.717) is 5.92 Å². The van der Waals surface area contributed by atoms with Gasteiger partial charge in [0.05, 0.1) is 0 Å². The Hall–Kier alpha value is -1.32. The minimum absolute atomic E-state index is 0.660. The highest BCUT2D eigenvalue weighted by molar-refractivity contribution is 7.11. The molecule has 1 unspecified atom stereocenters. The Bertz CT molecular complexity index is 562. The Morgan fingerprint density at radius 1 is 1.20 bits per heavy atom. The lowest BCUT2D eigenvalue weighted by Gasteiger charge is -2.10. The van der Waals surface area contributed by atoms with Crippen LogP contribution in [0.4, 0.5) is 5.69 Å². The molecule has 3 rings (SSSR count). The number of para-hydroxylation sites is 1. The van der Waals surface area contributed by atoms with Crippen molar-refractivity contribution in [3.8, 4) is 0 Å². The van der Waals surface area contributed by atoms with Crippen molar-refractivity contribution < 1.29 is 0 Å². The van der Waals surface area contributed by atoms with Crippen molar-refractivity contribution in [3.63, 3.8) is 0 Å². The summed E-state index contributed by atoms with van der Waals surface area (Å²) in [4.78, 5) is 2.93. The van der Waals surface area contributed by atoms with Gasteiger partial charge in [0.2, 0.25) is 0 Å². The van der Waals surface area contributed by atoms with Gasteiger partial charge in [-0.25, -0.2) is 0 Å². The molecule has 1 aromatic carbocycles. The fourth-order valence-electron chi connectivity index (χ4n) is 2.81. The van der Waals surface area contributed by atoms with Crippen molar-refractivity contribution in [3.05, 3.63) is 51.7 Å². The first-order valence-corrected chi connectivity index (χ1v) is 8.29. The summed E-state index contributed by atoms with van der Waals surface area (Å²) in [6.07, 6.45) is 2.35. The summed E-state index contributed by atoms with van der Waals surface area (Å²) in [7, 11) is 0. The van der Waals surface area contributed by atoms with E-state index in [1.807, 2.05) is 11.3 Å². The monoisotopic (exact) mass is 286 g/mol. The summed E-state index contributed by atoms with van der Waals surface area (Å²) in [5.41, 5.74) is 2.81. The molecular weight excluding hydrogens is 264 g/mol. The van der Waals surface area contributed by atoms with Crippen LogP contribution in [0.2, 0.25) is 0 Å². The molecule has 0 spiro atoms. The van der Waals surface area contributed by atoms with Gasteiger partial charge in [-0.05, 0) is 43.1 Å². The van der Waals surface area contributed by atoms with E-state index in [4.69, 9.17) is 0 Å². The van der Waals surface area contributed by atoms with Crippen molar-refractivity contribution in [2.45, 2.75) is 32.2 Å². The molecule has 0 aliphatic carbocycles. The van der Waals surface area contributed by atoms with E-state index in [2.05, 4.69) is 54.0 Å². The minimum atomic E-state index is 0.660. The highest BCUT2D eigenvalue weighted by Crippen LogP contribution is 2.32. The quantitative estimate of drug-likeness (QED) is 0.784. The van der Waals surface area contributed by atoms with Gasteiger partial charge in [-0.2, -0.15) is 0 Å². The standard InChI is InChI=1S/C17H22N2S/c1-2-14-7-8-15(20-14)12-18-10-9-13-11-19-17-6-4-3-5-16(13)17/h3-8,13,18-19H,2,9-12H2,1H3. The fraction of sp³-hybridized carbons (Fsp3) is 0.412. The molecule has 2 N–H and O–H groups in total. The maximum atomic E-state index is 3.58. The number of rotatable bonds is 6. The predicted molar refractivity (Wildman–Crippen MR) is 87.7 cm³/mol. The lowest BCUT2D eigenvalue weighted by molar-refractivity contribution is 0.595. The molecule has 3 heteroatoms. The first kappa shape index (κ1) is 13.7. The van der Waals surface area contributed by atoms with Crippen molar-refractivity contribution in [2.24, 2.45) is 0 Å². The van der Waals surface area contributed by atoms with Gasteiger partial charge in [0.25, 0.3) is 0 Å². The minimum Gasteiger partial charge on any atom is -0.384 e. The normalized spacial score (nSPS) is 16.9. The van der Waals surface area contributed by atoms with Crippen LogP contribution >= 0.6 is 11.3 Å². The van der Waals surface area contributed by atoms with Gasteiger partial charge in [0, 0.05) is 34.4 Å². The van der Waals surface area contributed by atoms with Crippen LogP contribution in [0.1, 0.15) is 34.6 Å². The lowest BCUT2D eigenvalue weighted by Crippen LogP contribution is -2.17. The van der Waals surface area contributed by atoms with Gasteiger partial charge >= 0.3 is 0 Å². The number of hydrogen-bond acceptors (Lipinski definition) is 3. The Balaban J connectivity index is 1.45. The van der Waals surface area contributed by atoms with E-state index >= 15 is 0 Å². The Labute approximate surface area is 125 Å². The molecule has 2 heterocycles. The smallest absolute Gasteiger partial charge is 0.0376 e. The molecule has 1 atom stereocenters. The van der Waals surface area contributed by atoms with Crippen LogP contribution in [0.5, 0.6) is 0 Å². The zero-order valence-electron chi connectivity index (χ0n) is 12.0. The van der Waals surface area contributed by atoms with E-state index in [0.717, 1.165) is 26.1 Å². The summed E-state index contributed by atoms with van der Waals surface area (Å²) in [6, 6.07) is 13.2. The van der Waals surface area contributed by atoms with Gasteiger partial charge in [-0.15, -0.1) is 11.3 Å². The molecule has 0 radical (unpaired) electrons. The first-order chi connectivity index (χ1) is 9.86. The second-order valence-corrected chi connectivity index (χ2v) is 6.60. The third-order valence-electron chi connectivity index (χ3n) is 3.97. The van der Waals surface area contributed by atoms with E-state index in [9.17, 15) is 0 Å². The van der Waals surface area contributed by atoms with Crippen LogP contribution in [-0.4, -0.2) is 13.1 Å². The summed E-state index contributed by atoms with van der Waals surface area (Å²) in [6.45, 7) is 5.39. The molecule has 2 aromatic rings. The zero-order valence-corrected chi connectivity index (χ0v) is 12.8. The van der Waals surface area contributed by atoms with Crippen LogP contribution in [0.3, 0.4) is 0 Å². The topological polar surface area (TPSA) is 24.1 Å². The molecule has 1 aliphatic rings. The van der Waals surface area contributed by atoms with Crippen molar-refractivity contribution in [2.75, 3.05) is 18.4 Å². The highest BCUT2D eigenvalue weighted by Gasteiger charge is 2.20.